The number of amides is 1. The van der Waals surface area contributed by atoms with Crippen molar-refractivity contribution in [2.45, 2.75) is 19.9 Å². The van der Waals surface area contributed by atoms with Crippen molar-refractivity contribution >= 4 is 23.2 Å². The van der Waals surface area contributed by atoms with Gasteiger partial charge in [0.05, 0.1) is 32.0 Å². The predicted molar refractivity (Wildman–Crippen MR) is 100 cm³/mol. The number of methoxy groups -OCH3 is 1. The van der Waals surface area contributed by atoms with E-state index in [4.69, 9.17) is 16.3 Å². The maximum Gasteiger partial charge on any atom is 0.232 e. The van der Waals surface area contributed by atoms with E-state index in [1.54, 1.807) is 55.0 Å². The number of aromatic amines is 1. The lowest BCUT2D eigenvalue weighted by Crippen LogP contribution is -2.32. The van der Waals surface area contributed by atoms with Gasteiger partial charge in [-0.2, -0.15) is 0 Å². The molecule has 0 aliphatic rings. The van der Waals surface area contributed by atoms with E-state index in [1.807, 2.05) is 13.0 Å². The van der Waals surface area contributed by atoms with Crippen molar-refractivity contribution in [2.75, 3.05) is 12.0 Å². The summed E-state index contributed by atoms with van der Waals surface area (Å²) < 4.78 is 5.35. The first kappa shape index (κ1) is 17.9. The van der Waals surface area contributed by atoms with Crippen LogP contribution in [0.25, 0.3) is 0 Å². The first-order chi connectivity index (χ1) is 12.6. The summed E-state index contributed by atoms with van der Waals surface area (Å²) >= 11 is 6.08. The summed E-state index contributed by atoms with van der Waals surface area (Å²) in [5.74, 6) is 1.22. The summed E-state index contributed by atoms with van der Waals surface area (Å²) in [4.78, 5) is 26.2. The number of aromatic nitrogens is 3. The fourth-order valence-electron chi connectivity index (χ4n) is 2.69. The quantitative estimate of drug-likeness (QED) is 0.720. The van der Waals surface area contributed by atoms with Crippen molar-refractivity contribution in [3.05, 3.63) is 71.0 Å². The van der Waals surface area contributed by atoms with Gasteiger partial charge in [0.15, 0.2) is 0 Å². The molecular formula is C19H19ClN4O2. The largest absolute Gasteiger partial charge is 0.496 e. The number of halogens is 1. The summed E-state index contributed by atoms with van der Waals surface area (Å²) in [6, 6.07) is 7.16. The van der Waals surface area contributed by atoms with Gasteiger partial charge in [-0.1, -0.05) is 11.6 Å². The number of H-pyrrole nitrogens is 1. The fourth-order valence-corrected chi connectivity index (χ4v) is 2.88. The lowest BCUT2D eigenvalue weighted by atomic mass is 10.1. The molecule has 3 rings (SSSR count). The van der Waals surface area contributed by atoms with Crippen LogP contribution in [-0.2, 0) is 17.8 Å². The molecule has 0 aliphatic heterocycles. The number of ether oxygens (including phenoxy) is 1. The Labute approximate surface area is 156 Å². The summed E-state index contributed by atoms with van der Waals surface area (Å²) in [6.45, 7) is 2.26. The molecule has 7 heteroatoms. The van der Waals surface area contributed by atoms with E-state index in [2.05, 4.69) is 15.0 Å². The Kier molecular flexibility index (Phi) is 5.53. The highest BCUT2D eigenvalue weighted by Crippen LogP contribution is 2.25. The van der Waals surface area contributed by atoms with E-state index in [1.165, 1.54) is 0 Å². The van der Waals surface area contributed by atoms with Gasteiger partial charge < -0.3 is 14.6 Å². The number of benzene rings is 1. The highest BCUT2D eigenvalue weighted by atomic mass is 35.5. The second-order valence-corrected chi connectivity index (χ2v) is 6.31. The van der Waals surface area contributed by atoms with Gasteiger partial charge in [-0.3, -0.25) is 9.78 Å². The third-order valence-electron chi connectivity index (χ3n) is 3.92. The van der Waals surface area contributed by atoms with Gasteiger partial charge in [-0.15, -0.1) is 0 Å². The normalized spacial score (nSPS) is 10.6. The van der Waals surface area contributed by atoms with E-state index >= 15 is 0 Å². The van der Waals surface area contributed by atoms with Gasteiger partial charge in [-0.05, 0) is 36.8 Å². The van der Waals surface area contributed by atoms with Gasteiger partial charge in [0.1, 0.15) is 11.6 Å². The Morgan fingerprint density at radius 3 is 2.85 bits per heavy atom. The zero-order chi connectivity index (χ0) is 18.5. The molecule has 0 radical (unpaired) electrons. The van der Waals surface area contributed by atoms with Crippen LogP contribution in [0.3, 0.4) is 0 Å². The zero-order valence-corrected chi connectivity index (χ0v) is 15.3. The molecule has 1 N–H and O–H groups in total. The van der Waals surface area contributed by atoms with Crippen LogP contribution in [0, 0.1) is 6.92 Å². The molecule has 26 heavy (non-hydrogen) atoms. The summed E-state index contributed by atoms with van der Waals surface area (Å²) in [5.41, 5.74) is 2.42. The molecule has 1 aromatic carbocycles. The molecule has 2 heterocycles. The Hall–Kier alpha value is -2.86. The molecule has 3 aromatic rings. The van der Waals surface area contributed by atoms with Crippen LogP contribution in [0.15, 0.2) is 49.1 Å². The minimum atomic E-state index is -0.102. The number of pyridine rings is 1. The van der Waals surface area contributed by atoms with Crippen LogP contribution in [0.4, 0.5) is 5.69 Å². The fraction of sp³-hybridized carbons (Fsp3) is 0.211. The average Bonchev–Trinajstić information content (AvgIpc) is 3.13. The van der Waals surface area contributed by atoms with Crippen molar-refractivity contribution in [3.8, 4) is 5.75 Å². The Morgan fingerprint density at radius 2 is 2.15 bits per heavy atom. The molecule has 0 atom stereocenters. The number of hydrogen-bond donors (Lipinski definition) is 1. The minimum absolute atomic E-state index is 0.102. The van der Waals surface area contributed by atoms with Gasteiger partial charge >= 0.3 is 0 Å². The van der Waals surface area contributed by atoms with Crippen LogP contribution in [0.1, 0.15) is 17.0 Å². The number of nitrogens with one attached hydrogen (secondary N) is 1. The monoisotopic (exact) mass is 370 g/mol. The van der Waals surface area contributed by atoms with Gasteiger partial charge in [0.25, 0.3) is 0 Å². The Balaban J connectivity index is 1.91. The van der Waals surface area contributed by atoms with Crippen molar-refractivity contribution in [2.24, 2.45) is 0 Å². The minimum Gasteiger partial charge on any atom is -0.496 e. The third-order valence-corrected chi connectivity index (χ3v) is 4.16. The Bertz CT molecular complexity index is 896. The molecule has 6 nitrogen and oxygen atoms in total. The van der Waals surface area contributed by atoms with Crippen molar-refractivity contribution in [1.82, 2.24) is 15.0 Å². The number of hydrogen-bond acceptors (Lipinski definition) is 4. The predicted octanol–water partition coefficient (Wildman–Crippen LogP) is 3.55. The zero-order valence-electron chi connectivity index (χ0n) is 14.6. The molecule has 0 bridgehead atoms. The average molecular weight is 371 g/mol. The number of carbonyl (C=O) groups is 1. The van der Waals surface area contributed by atoms with Crippen LogP contribution in [0.2, 0.25) is 5.02 Å². The number of nitrogens with zero attached hydrogens (tertiary/aromatic N) is 3. The van der Waals surface area contributed by atoms with Crippen molar-refractivity contribution in [1.29, 1.82) is 0 Å². The number of aryl methyl sites for hydroxylation is 1. The summed E-state index contributed by atoms with van der Waals surface area (Å²) in [7, 11) is 1.57. The van der Waals surface area contributed by atoms with Crippen LogP contribution >= 0.6 is 11.6 Å². The number of rotatable bonds is 6. The first-order valence-electron chi connectivity index (χ1n) is 8.09. The highest BCUT2D eigenvalue weighted by molar-refractivity contribution is 6.30. The second kappa shape index (κ2) is 8.01. The standard InChI is InChI=1S/C19H19ClN4O2/c1-13-7-16(11-21-10-13)24(12-18-22-5-6-23-18)19(25)9-14-8-15(20)3-4-17(14)26-2/h3-8,10-11H,9,12H2,1-2H3,(H,22,23). The van der Waals surface area contributed by atoms with E-state index in [0.29, 0.717) is 28.8 Å². The summed E-state index contributed by atoms with van der Waals surface area (Å²) in [6.07, 6.45) is 6.96. The molecule has 0 saturated heterocycles. The Morgan fingerprint density at radius 1 is 1.31 bits per heavy atom. The maximum atomic E-state index is 13.1. The molecular weight excluding hydrogens is 352 g/mol. The summed E-state index contributed by atoms with van der Waals surface area (Å²) in [5, 5.41) is 0.559. The smallest absolute Gasteiger partial charge is 0.232 e. The van der Waals surface area contributed by atoms with Gasteiger partial charge in [0.2, 0.25) is 5.91 Å². The molecule has 0 spiro atoms. The SMILES string of the molecule is COc1ccc(Cl)cc1CC(=O)N(Cc1ncc[nH]1)c1cncc(C)c1. The molecule has 0 saturated carbocycles. The number of carbonyl (C=O) groups excluding carboxylic acids is 1. The second-order valence-electron chi connectivity index (χ2n) is 5.87. The molecule has 134 valence electrons. The van der Waals surface area contributed by atoms with Crippen LogP contribution in [0.5, 0.6) is 5.75 Å². The molecule has 1 amide bonds. The van der Waals surface area contributed by atoms with E-state index < -0.39 is 0 Å². The molecule has 0 unspecified atom stereocenters. The topological polar surface area (TPSA) is 71.1 Å². The van der Waals surface area contributed by atoms with Crippen molar-refractivity contribution < 1.29 is 9.53 Å². The number of imidazole rings is 1. The first-order valence-corrected chi connectivity index (χ1v) is 8.47. The van der Waals surface area contributed by atoms with Gasteiger partial charge in [-0.25, -0.2) is 4.98 Å². The highest BCUT2D eigenvalue weighted by Gasteiger charge is 2.20. The van der Waals surface area contributed by atoms with Gasteiger partial charge in [0, 0.05) is 29.2 Å². The third kappa shape index (κ3) is 4.21. The van der Waals surface area contributed by atoms with E-state index in [0.717, 1.165) is 11.1 Å². The number of anilines is 1. The lowest BCUT2D eigenvalue weighted by molar-refractivity contribution is -0.118. The maximum absolute atomic E-state index is 13.1. The van der Waals surface area contributed by atoms with E-state index in [-0.39, 0.29) is 12.3 Å². The molecule has 0 aliphatic carbocycles. The molecule has 0 fully saturated rings. The van der Waals surface area contributed by atoms with Crippen molar-refractivity contribution in [3.63, 3.8) is 0 Å². The van der Waals surface area contributed by atoms with Crippen LogP contribution in [-0.4, -0.2) is 28.0 Å². The van der Waals surface area contributed by atoms with E-state index in [9.17, 15) is 4.79 Å². The lowest BCUT2D eigenvalue weighted by Gasteiger charge is -2.22. The van der Waals surface area contributed by atoms with Crippen LogP contribution < -0.4 is 9.64 Å². The molecule has 2 aromatic heterocycles.